The third kappa shape index (κ3) is 7.74. The molecule has 0 spiro atoms. The molecule has 0 radical (unpaired) electrons. The maximum Gasteiger partial charge on any atom is 0.251 e. The zero-order valence-corrected chi connectivity index (χ0v) is 21.0. The van der Waals surface area contributed by atoms with Gasteiger partial charge in [-0.25, -0.2) is 13.1 Å². The molecule has 0 aliphatic heterocycles. The SMILES string of the molecule is CCOc1ccc(OCC)c(S(=O)(=O)NCCNC(=O)c2ccc(NC(=O)C(C)(C)C)cc2)c1. The quantitative estimate of drug-likeness (QED) is 0.415. The molecule has 0 saturated carbocycles. The van der Waals surface area contributed by atoms with Gasteiger partial charge in [-0.15, -0.1) is 0 Å². The van der Waals surface area contributed by atoms with Crippen molar-refractivity contribution < 1.29 is 27.5 Å². The summed E-state index contributed by atoms with van der Waals surface area (Å²) in [5.74, 6) is 0.153. The Labute approximate surface area is 201 Å². The van der Waals surface area contributed by atoms with Crippen molar-refractivity contribution in [1.29, 1.82) is 0 Å². The zero-order valence-electron chi connectivity index (χ0n) is 20.2. The average Bonchev–Trinajstić information content (AvgIpc) is 2.77. The largest absolute Gasteiger partial charge is 0.494 e. The number of hydrogen-bond acceptors (Lipinski definition) is 6. The van der Waals surface area contributed by atoms with Gasteiger partial charge in [0.1, 0.15) is 16.4 Å². The number of hydrogen-bond donors (Lipinski definition) is 3. The first-order valence-corrected chi connectivity index (χ1v) is 12.5. The van der Waals surface area contributed by atoms with Crippen molar-refractivity contribution in [3.63, 3.8) is 0 Å². The van der Waals surface area contributed by atoms with E-state index in [2.05, 4.69) is 15.4 Å². The van der Waals surface area contributed by atoms with Crippen LogP contribution in [0.5, 0.6) is 11.5 Å². The summed E-state index contributed by atoms with van der Waals surface area (Å²) < 4.78 is 38.9. The van der Waals surface area contributed by atoms with Gasteiger partial charge in [0.05, 0.1) is 13.2 Å². The topological polar surface area (TPSA) is 123 Å². The lowest BCUT2D eigenvalue weighted by Crippen LogP contribution is -2.34. The van der Waals surface area contributed by atoms with E-state index < -0.39 is 15.4 Å². The van der Waals surface area contributed by atoms with E-state index >= 15 is 0 Å². The normalized spacial score (nSPS) is 11.6. The van der Waals surface area contributed by atoms with E-state index in [1.807, 2.05) is 20.8 Å². The monoisotopic (exact) mass is 491 g/mol. The van der Waals surface area contributed by atoms with E-state index in [4.69, 9.17) is 9.47 Å². The highest BCUT2D eigenvalue weighted by molar-refractivity contribution is 7.89. The maximum atomic E-state index is 12.8. The summed E-state index contributed by atoms with van der Waals surface area (Å²) >= 11 is 0. The lowest BCUT2D eigenvalue weighted by atomic mass is 9.95. The van der Waals surface area contributed by atoms with Crippen molar-refractivity contribution in [1.82, 2.24) is 10.0 Å². The standard InChI is InChI=1S/C24H33N3O6S/c1-6-32-19-12-13-20(33-7-2)21(16-19)34(30,31)26-15-14-25-22(28)17-8-10-18(11-9-17)27-23(29)24(3,4)5/h8-13,16,26H,6-7,14-15H2,1-5H3,(H,25,28)(H,27,29). The smallest absolute Gasteiger partial charge is 0.251 e. The number of anilines is 1. The third-order valence-corrected chi connectivity index (χ3v) is 6.09. The Bertz CT molecular complexity index is 1090. The maximum absolute atomic E-state index is 12.8. The number of ether oxygens (including phenoxy) is 2. The Kier molecular flexibility index (Phi) is 9.46. The molecule has 2 amide bonds. The van der Waals surface area contributed by atoms with Gasteiger partial charge < -0.3 is 20.1 Å². The Balaban J connectivity index is 1.94. The molecule has 34 heavy (non-hydrogen) atoms. The summed E-state index contributed by atoms with van der Waals surface area (Å²) in [6.07, 6.45) is 0. The molecule has 0 aliphatic carbocycles. The van der Waals surface area contributed by atoms with Crippen LogP contribution in [-0.2, 0) is 14.8 Å². The molecule has 9 nitrogen and oxygen atoms in total. The number of nitrogens with one attached hydrogen (secondary N) is 3. The third-order valence-electron chi connectivity index (χ3n) is 4.60. The minimum atomic E-state index is -3.89. The molecule has 0 heterocycles. The van der Waals surface area contributed by atoms with E-state index in [9.17, 15) is 18.0 Å². The molecular formula is C24H33N3O6S. The predicted octanol–water partition coefficient (Wildman–Crippen LogP) is 3.18. The molecule has 2 aromatic carbocycles. The first-order chi connectivity index (χ1) is 16.0. The summed E-state index contributed by atoms with van der Waals surface area (Å²) in [4.78, 5) is 24.4. The predicted molar refractivity (Wildman–Crippen MR) is 131 cm³/mol. The van der Waals surface area contributed by atoms with E-state index in [0.717, 1.165) is 0 Å². The molecule has 186 valence electrons. The van der Waals surface area contributed by atoms with Crippen LogP contribution in [0.4, 0.5) is 5.69 Å². The second-order valence-corrected chi connectivity index (χ2v) is 10.1. The Hall–Kier alpha value is -3.11. The molecule has 2 aromatic rings. The summed E-state index contributed by atoms with van der Waals surface area (Å²) in [5, 5.41) is 5.46. The molecule has 0 fully saturated rings. The number of rotatable bonds is 11. The lowest BCUT2D eigenvalue weighted by molar-refractivity contribution is -0.123. The number of carbonyl (C=O) groups excluding carboxylic acids is 2. The average molecular weight is 492 g/mol. The second-order valence-electron chi connectivity index (χ2n) is 8.41. The van der Waals surface area contributed by atoms with Crippen molar-refractivity contribution in [3.05, 3.63) is 48.0 Å². The van der Waals surface area contributed by atoms with Crippen LogP contribution >= 0.6 is 0 Å². The van der Waals surface area contributed by atoms with Crippen LogP contribution in [0.25, 0.3) is 0 Å². The highest BCUT2D eigenvalue weighted by atomic mass is 32.2. The van der Waals surface area contributed by atoms with Crippen molar-refractivity contribution in [2.24, 2.45) is 5.41 Å². The van der Waals surface area contributed by atoms with Gasteiger partial charge in [0.2, 0.25) is 15.9 Å². The molecule has 3 N–H and O–H groups in total. The summed E-state index contributed by atoms with van der Waals surface area (Å²) in [6, 6.07) is 11.1. The second kappa shape index (κ2) is 11.8. The molecule has 0 unspecified atom stereocenters. The van der Waals surface area contributed by atoms with Crippen LogP contribution in [-0.4, -0.2) is 46.5 Å². The highest BCUT2D eigenvalue weighted by Crippen LogP contribution is 2.28. The molecule has 0 aromatic heterocycles. The fraction of sp³-hybridized carbons (Fsp3) is 0.417. The Morgan fingerprint density at radius 1 is 0.912 bits per heavy atom. The van der Waals surface area contributed by atoms with E-state index in [-0.39, 0.29) is 35.5 Å². The first kappa shape index (κ1) is 27.1. The van der Waals surface area contributed by atoms with Gasteiger partial charge in [0, 0.05) is 35.8 Å². The fourth-order valence-electron chi connectivity index (χ4n) is 2.79. The van der Waals surface area contributed by atoms with Crippen LogP contribution in [0.1, 0.15) is 45.0 Å². The van der Waals surface area contributed by atoms with Gasteiger partial charge in [-0.1, -0.05) is 20.8 Å². The summed E-state index contributed by atoms with van der Waals surface area (Å²) in [5.41, 5.74) is 0.445. The zero-order chi connectivity index (χ0) is 25.4. The highest BCUT2D eigenvalue weighted by Gasteiger charge is 2.22. The number of carbonyl (C=O) groups is 2. The van der Waals surface area contributed by atoms with Gasteiger partial charge in [0.25, 0.3) is 5.91 Å². The number of sulfonamides is 1. The Morgan fingerprint density at radius 3 is 2.15 bits per heavy atom. The fourth-order valence-corrected chi connectivity index (χ4v) is 3.98. The molecular weight excluding hydrogens is 458 g/mol. The first-order valence-electron chi connectivity index (χ1n) is 11.1. The van der Waals surface area contributed by atoms with Gasteiger partial charge in [-0.2, -0.15) is 0 Å². The number of amides is 2. The van der Waals surface area contributed by atoms with Crippen LogP contribution in [0.15, 0.2) is 47.4 Å². The number of benzene rings is 2. The van der Waals surface area contributed by atoms with Crippen LogP contribution in [0.3, 0.4) is 0 Å². The van der Waals surface area contributed by atoms with Gasteiger partial charge in [-0.3, -0.25) is 9.59 Å². The van der Waals surface area contributed by atoms with Gasteiger partial charge in [-0.05, 0) is 50.2 Å². The van der Waals surface area contributed by atoms with E-state index in [1.165, 1.54) is 6.07 Å². The van der Waals surface area contributed by atoms with Crippen molar-refractivity contribution in [3.8, 4) is 11.5 Å². The van der Waals surface area contributed by atoms with Crippen LogP contribution in [0.2, 0.25) is 0 Å². The minimum absolute atomic E-state index is 0.0157. The molecule has 0 atom stereocenters. The minimum Gasteiger partial charge on any atom is -0.494 e. The lowest BCUT2D eigenvalue weighted by Gasteiger charge is -2.17. The van der Waals surface area contributed by atoms with Gasteiger partial charge in [0.15, 0.2) is 0 Å². The summed E-state index contributed by atoms with van der Waals surface area (Å²) in [6.45, 7) is 9.78. The van der Waals surface area contributed by atoms with Crippen molar-refractivity contribution in [2.45, 2.75) is 39.5 Å². The molecule has 0 aliphatic rings. The van der Waals surface area contributed by atoms with Crippen LogP contribution < -0.4 is 24.8 Å². The van der Waals surface area contributed by atoms with Crippen molar-refractivity contribution >= 4 is 27.5 Å². The Morgan fingerprint density at radius 2 is 1.56 bits per heavy atom. The molecule has 0 saturated heterocycles. The summed E-state index contributed by atoms with van der Waals surface area (Å²) in [7, 11) is -3.89. The van der Waals surface area contributed by atoms with E-state index in [0.29, 0.717) is 30.2 Å². The van der Waals surface area contributed by atoms with E-state index in [1.54, 1.807) is 50.2 Å². The molecule has 2 rings (SSSR count). The van der Waals surface area contributed by atoms with Gasteiger partial charge >= 0.3 is 0 Å². The molecule has 0 bridgehead atoms. The van der Waals surface area contributed by atoms with Crippen molar-refractivity contribution in [2.75, 3.05) is 31.6 Å². The van der Waals surface area contributed by atoms with Crippen LogP contribution in [0, 0.1) is 5.41 Å². The molecule has 10 heteroatoms.